The number of hydrogen-bond acceptors (Lipinski definition) is 4. The van der Waals surface area contributed by atoms with Crippen LogP contribution in [0.2, 0.25) is 0 Å². The number of anilines is 1. The second-order valence-electron chi connectivity index (χ2n) is 8.33. The van der Waals surface area contributed by atoms with Crippen molar-refractivity contribution in [3.05, 3.63) is 102 Å². The van der Waals surface area contributed by atoms with Crippen molar-refractivity contribution in [1.29, 1.82) is 0 Å². The summed E-state index contributed by atoms with van der Waals surface area (Å²) in [6.07, 6.45) is 0. The van der Waals surface area contributed by atoms with Crippen molar-refractivity contribution in [2.24, 2.45) is 0 Å². The Hall–Kier alpha value is -3.48. The van der Waals surface area contributed by atoms with Crippen molar-refractivity contribution < 1.29 is 9.59 Å². The SMILES string of the molecule is O=C(CNC(=O)c1ccccc1)Nc1ccc(CN2CCN(Cc3ccccc3)CC2)cc1. The summed E-state index contributed by atoms with van der Waals surface area (Å²) in [7, 11) is 0. The van der Waals surface area contributed by atoms with Crippen LogP contribution in [0.1, 0.15) is 21.5 Å². The van der Waals surface area contributed by atoms with Gasteiger partial charge in [-0.15, -0.1) is 0 Å². The second-order valence-corrected chi connectivity index (χ2v) is 8.33. The van der Waals surface area contributed by atoms with Crippen LogP contribution in [0.3, 0.4) is 0 Å². The monoisotopic (exact) mass is 442 g/mol. The van der Waals surface area contributed by atoms with Gasteiger partial charge >= 0.3 is 0 Å². The summed E-state index contributed by atoms with van der Waals surface area (Å²) in [5.41, 5.74) is 3.85. The predicted octanol–water partition coefficient (Wildman–Crippen LogP) is 3.37. The van der Waals surface area contributed by atoms with Crippen LogP contribution >= 0.6 is 0 Å². The van der Waals surface area contributed by atoms with Crippen LogP contribution in [0.5, 0.6) is 0 Å². The molecule has 1 saturated heterocycles. The zero-order valence-corrected chi connectivity index (χ0v) is 18.7. The fourth-order valence-corrected chi connectivity index (χ4v) is 3.96. The molecule has 0 aliphatic carbocycles. The van der Waals surface area contributed by atoms with Crippen molar-refractivity contribution in [3.8, 4) is 0 Å². The van der Waals surface area contributed by atoms with Crippen LogP contribution in [-0.4, -0.2) is 54.3 Å². The number of hydrogen-bond donors (Lipinski definition) is 2. The quantitative estimate of drug-likeness (QED) is 0.562. The summed E-state index contributed by atoms with van der Waals surface area (Å²) in [6, 6.07) is 27.4. The van der Waals surface area contributed by atoms with E-state index in [0.717, 1.165) is 45.0 Å². The van der Waals surface area contributed by atoms with E-state index in [-0.39, 0.29) is 18.4 Å². The predicted molar refractivity (Wildman–Crippen MR) is 131 cm³/mol. The van der Waals surface area contributed by atoms with E-state index in [1.165, 1.54) is 11.1 Å². The van der Waals surface area contributed by atoms with Gasteiger partial charge in [0.15, 0.2) is 0 Å². The third-order valence-electron chi connectivity index (χ3n) is 5.80. The first-order valence-electron chi connectivity index (χ1n) is 11.4. The summed E-state index contributed by atoms with van der Waals surface area (Å²) >= 11 is 0. The Balaban J connectivity index is 1.18. The van der Waals surface area contributed by atoms with E-state index in [4.69, 9.17) is 0 Å². The number of carbonyl (C=O) groups excluding carboxylic acids is 2. The first-order chi connectivity index (χ1) is 16.2. The standard InChI is InChI=1S/C27H30N4O2/c32-26(19-28-27(33)24-9-5-2-6-10-24)29-25-13-11-23(12-14-25)21-31-17-15-30(16-18-31)20-22-7-3-1-4-8-22/h1-14H,15-21H2,(H,28,33)(H,29,32). The van der Waals surface area contributed by atoms with Gasteiger partial charge in [-0.25, -0.2) is 0 Å². The summed E-state index contributed by atoms with van der Waals surface area (Å²) in [5.74, 6) is -0.508. The van der Waals surface area contributed by atoms with Crippen molar-refractivity contribution in [2.75, 3.05) is 38.0 Å². The largest absolute Gasteiger partial charge is 0.343 e. The molecule has 1 fully saturated rings. The molecule has 0 spiro atoms. The van der Waals surface area contributed by atoms with Gasteiger partial charge in [0.2, 0.25) is 5.91 Å². The Bertz CT molecular complexity index is 1030. The smallest absolute Gasteiger partial charge is 0.251 e. The molecule has 1 aliphatic heterocycles. The maximum Gasteiger partial charge on any atom is 0.251 e. The molecule has 170 valence electrons. The average Bonchev–Trinajstić information content (AvgIpc) is 2.86. The van der Waals surface area contributed by atoms with Crippen LogP contribution in [-0.2, 0) is 17.9 Å². The molecule has 0 saturated carbocycles. The topological polar surface area (TPSA) is 64.7 Å². The van der Waals surface area contributed by atoms with Crippen LogP contribution in [0.15, 0.2) is 84.9 Å². The fraction of sp³-hybridized carbons (Fsp3) is 0.259. The minimum absolute atomic E-state index is 0.0667. The number of piperazine rings is 1. The molecule has 0 atom stereocenters. The van der Waals surface area contributed by atoms with E-state index in [9.17, 15) is 9.59 Å². The van der Waals surface area contributed by atoms with E-state index in [0.29, 0.717) is 5.56 Å². The third-order valence-corrected chi connectivity index (χ3v) is 5.80. The Morgan fingerprint density at radius 3 is 1.76 bits per heavy atom. The average molecular weight is 443 g/mol. The number of nitrogens with one attached hydrogen (secondary N) is 2. The Morgan fingerprint density at radius 1 is 0.667 bits per heavy atom. The Morgan fingerprint density at radius 2 is 1.18 bits per heavy atom. The molecule has 33 heavy (non-hydrogen) atoms. The minimum Gasteiger partial charge on any atom is -0.343 e. The normalized spacial score (nSPS) is 14.5. The maximum absolute atomic E-state index is 12.2. The van der Waals surface area contributed by atoms with Gasteiger partial charge in [-0.2, -0.15) is 0 Å². The van der Waals surface area contributed by atoms with Gasteiger partial charge in [0.1, 0.15) is 0 Å². The van der Waals surface area contributed by atoms with E-state index >= 15 is 0 Å². The van der Waals surface area contributed by atoms with Gasteiger partial charge in [0.05, 0.1) is 6.54 Å². The summed E-state index contributed by atoms with van der Waals surface area (Å²) in [4.78, 5) is 29.2. The lowest BCUT2D eigenvalue weighted by Crippen LogP contribution is -2.45. The van der Waals surface area contributed by atoms with Crippen LogP contribution in [0.4, 0.5) is 5.69 Å². The Kier molecular flexibility index (Phi) is 7.85. The van der Waals surface area contributed by atoms with Gasteiger partial charge in [0, 0.05) is 50.5 Å². The molecular weight excluding hydrogens is 412 g/mol. The molecule has 6 heteroatoms. The number of nitrogens with zero attached hydrogens (tertiary/aromatic N) is 2. The van der Waals surface area contributed by atoms with Crippen LogP contribution in [0.25, 0.3) is 0 Å². The van der Waals surface area contributed by atoms with Gasteiger partial charge < -0.3 is 10.6 Å². The first-order valence-corrected chi connectivity index (χ1v) is 11.4. The molecule has 3 aromatic carbocycles. The fourth-order valence-electron chi connectivity index (χ4n) is 3.96. The van der Waals surface area contributed by atoms with Crippen molar-refractivity contribution in [2.45, 2.75) is 13.1 Å². The highest BCUT2D eigenvalue weighted by molar-refractivity contribution is 5.99. The molecule has 0 aromatic heterocycles. The van der Waals surface area contributed by atoms with Crippen LogP contribution in [0, 0.1) is 0 Å². The lowest BCUT2D eigenvalue weighted by molar-refractivity contribution is -0.115. The van der Waals surface area contributed by atoms with E-state index in [1.807, 2.05) is 18.2 Å². The van der Waals surface area contributed by atoms with Gasteiger partial charge in [-0.3, -0.25) is 19.4 Å². The lowest BCUT2D eigenvalue weighted by Gasteiger charge is -2.34. The highest BCUT2D eigenvalue weighted by atomic mass is 16.2. The van der Waals surface area contributed by atoms with Crippen molar-refractivity contribution in [3.63, 3.8) is 0 Å². The second kappa shape index (κ2) is 11.4. The molecule has 1 heterocycles. The minimum atomic E-state index is -0.259. The first kappa shape index (κ1) is 22.7. The lowest BCUT2D eigenvalue weighted by atomic mass is 10.1. The molecular formula is C27H30N4O2. The molecule has 4 rings (SSSR count). The summed E-state index contributed by atoms with van der Waals surface area (Å²) in [5, 5.41) is 5.48. The molecule has 0 radical (unpaired) electrons. The van der Waals surface area contributed by atoms with Crippen LogP contribution < -0.4 is 10.6 Å². The number of benzene rings is 3. The van der Waals surface area contributed by atoms with Crippen molar-refractivity contribution in [1.82, 2.24) is 15.1 Å². The van der Waals surface area contributed by atoms with E-state index < -0.39 is 0 Å². The van der Waals surface area contributed by atoms with E-state index in [2.05, 4.69) is 62.9 Å². The number of carbonyl (C=O) groups is 2. The molecule has 2 N–H and O–H groups in total. The zero-order chi connectivity index (χ0) is 22.9. The van der Waals surface area contributed by atoms with Gasteiger partial charge in [0.25, 0.3) is 5.91 Å². The third kappa shape index (κ3) is 7.00. The molecule has 2 amide bonds. The highest BCUT2D eigenvalue weighted by Gasteiger charge is 2.17. The number of amides is 2. The summed E-state index contributed by atoms with van der Waals surface area (Å²) in [6.45, 7) is 6.08. The molecule has 1 aliphatic rings. The molecule has 0 unspecified atom stereocenters. The molecule has 3 aromatic rings. The maximum atomic E-state index is 12.2. The Labute approximate surface area is 195 Å². The summed E-state index contributed by atoms with van der Waals surface area (Å²) < 4.78 is 0. The van der Waals surface area contributed by atoms with Crippen molar-refractivity contribution >= 4 is 17.5 Å². The molecule has 6 nitrogen and oxygen atoms in total. The highest BCUT2D eigenvalue weighted by Crippen LogP contribution is 2.14. The molecule has 0 bridgehead atoms. The number of rotatable bonds is 8. The zero-order valence-electron chi connectivity index (χ0n) is 18.7. The van der Waals surface area contributed by atoms with E-state index in [1.54, 1.807) is 24.3 Å². The van der Waals surface area contributed by atoms with Gasteiger partial charge in [-0.1, -0.05) is 60.7 Å². The van der Waals surface area contributed by atoms with Gasteiger partial charge in [-0.05, 0) is 35.4 Å².